The van der Waals surface area contributed by atoms with Crippen LogP contribution < -0.4 is 9.47 Å². The molecule has 0 bridgehead atoms. The number of hydrogen-bond acceptors (Lipinski definition) is 4. The van der Waals surface area contributed by atoms with E-state index in [2.05, 4.69) is 0 Å². The molecule has 0 fully saturated rings. The second-order valence-electron chi connectivity index (χ2n) is 4.87. The minimum Gasteiger partial charge on any atom is -0.497 e. The van der Waals surface area contributed by atoms with Crippen LogP contribution in [-0.4, -0.2) is 51.3 Å². The molecule has 0 aromatic heterocycles. The zero-order valence-corrected chi connectivity index (χ0v) is 14.0. The molecule has 5 heteroatoms. The van der Waals surface area contributed by atoms with Crippen molar-refractivity contribution in [3.63, 3.8) is 0 Å². The number of carbonyl (C=O) groups is 1. The average Bonchev–Trinajstić information content (AvgIpc) is 2.53. The molecular formula is C17H25NO4. The predicted octanol–water partition coefficient (Wildman–Crippen LogP) is 2.60. The van der Waals surface area contributed by atoms with Crippen LogP contribution in [0.2, 0.25) is 0 Å². The van der Waals surface area contributed by atoms with Gasteiger partial charge in [0.1, 0.15) is 11.5 Å². The van der Waals surface area contributed by atoms with Crippen molar-refractivity contribution in [1.82, 2.24) is 4.90 Å². The Morgan fingerprint density at radius 3 is 2.55 bits per heavy atom. The van der Waals surface area contributed by atoms with Gasteiger partial charge in [-0.3, -0.25) is 4.79 Å². The summed E-state index contributed by atoms with van der Waals surface area (Å²) in [7, 11) is 4.82. The molecule has 1 atom stereocenters. The first-order valence-electron chi connectivity index (χ1n) is 7.27. The number of rotatable bonds is 8. The Morgan fingerprint density at radius 2 is 2.00 bits per heavy atom. The lowest BCUT2D eigenvalue weighted by Gasteiger charge is -2.26. The van der Waals surface area contributed by atoms with Crippen molar-refractivity contribution in [1.29, 1.82) is 0 Å². The van der Waals surface area contributed by atoms with Gasteiger partial charge in [-0.1, -0.05) is 0 Å². The Balaban J connectivity index is 2.88. The molecule has 122 valence electrons. The topological polar surface area (TPSA) is 48.0 Å². The lowest BCUT2D eigenvalue weighted by Crippen LogP contribution is -2.39. The van der Waals surface area contributed by atoms with Crippen LogP contribution in [0.4, 0.5) is 0 Å². The number of amides is 1. The molecular weight excluding hydrogens is 282 g/mol. The van der Waals surface area contributed by atoms with Gasteiger partial charge >= 0.3 is 0 Å². The highest BCUT2D eigenvalue weighted by Crippen LogP contribution is 2.25. The number of benzene rings is 1. The van der Waals surface area contributed by atoms with Crippen molar-refractivity contribution in [2.24, 2.45) is 0 Å². The van der Waals surface area contributed by atoms with E-state index < -0.39 is 0 Å². The first kappa shape index (κ1) is 18.0. The molecule has 0 aliphatic rings. The molecule has 1 amide bonds. The monoisotopic (exact) mass is 307 g/mol. The minimum atomic E-state index is -0.0510. The third-order valence-electron chi connectivity index (χ3n) is 3.41. The van der Waals surface area contributed by atoms with E-state index in [1.807, 2.05) is 26.0 Å². The van der Waals surface area contributed by atoms with E-state index in [4.69, 9.17) is 14.2 Å². The fourth-order valence-electron chi connectivity index (χ4n) is 2.23. The SMILES string of the molecule is CCN(C(=O)C=Cc1ccc(OC)cc1OC)C(C)COC. The number of hydrogen-bond donors (Lipinski definition) is 0. The molecule has 0 spiro atoms. The summed E-state index contributed by atoms with van der Waals surface area (Å²) in [5.74, 6) is 1.32. The average molecular weight is 307 g/mol. The molecule has 0 saturated carbocycles. The summed E-state index contributed by atoms with van der Waals surface area (Å²) in [6, 6.07) is 5.51. The van der Waals surface area contributed by atoms with E-state index in [0.29, 0.717) is 24.7 Å². The summed E-state index contributed by atoms with van der Waals surface area (Å²) in [6.07, 6.45) is 3.31. The maximum atomic E-state index is 12.3. The summed E-state index contributed by atoms with van der Waals surface area (Å²) in [6.45, 7) is 5.06. The maximum Gasteiger partial charge on any atom is 0.246 e. The summed E-state index contributed by atoms with van der Waals surface area (Å²) >= 11 is 0. The minimum absolute atomic E-state index is 0.0323. The van der Waals surface area contributed by atoms with E-state index in [0.717, 1.165) is 5.56 Å². The zero-order valence-electron chi connectivity index (χ0n) is 14.0. The van der Waals surface area contributed by atoms with Crippen LogP contribution in [0.15, 0.2) is 24.3 Å². The molecule has 22 heavy (non-hydrogen) atoms. The number of likely N-dealkylation sites (N-methyl/N-ethyl adjacent to an activating group) is 1. The van der Waals surface area contributed by atoms with Crippen molar-refractivity contribution in [2.75, 3.05) is 34.5 Å². The quantitative estimate of drug-likeness (QED) is 0.693. The molecule has 5 nitrogen and oxygen atoms in total. The van der Waals surface area contributed by atoms with Gasteiger partial charge in [0, 0.05) is 31.4 Å². The van der Waals surface area contributed by atoms with Gasteiger partial charge in [-0.2, -0.15) is 0 Å². The second-order valence-corrected chi connectivity index (χ2v) is 4.87. The van der Waals surface area contributed by atoms with Crippen LogP contribution in [0.1, 0.15) is 19.4 Å². The molecule has 1 aromatic carbocycles. The van der Waals surface area contributed by atoms with E-state index in [1.165, 1.54) is 0 Å². The van der Waals surface area contributed by atoms with Gasteiger partial charge in [0.25, 0.3) is 0 Å². The molecule has 0 heterocycles. The van der Waals surface area contributed by atoms with Crippen LogP contribution in [0, 0.1) is 0 Å². The van der Waals surface area contributed by atoms with Crippen molar-refractivity contribution in [3.8, 4) is 11.5 Å². The summed E-state index contributed by atoms with van der Waals surface area (Å²) in [5.41, 5.74) is 0.826. The van der Waals surface area contributed by atoms with Crippen molar-refractivity contribution in [3.05, 3.63) is 29.8 Å². The third kappa shape index (κ3) is 4.77. The van der Waals surface area contributed by atoms with Gasteiger partial charge in [-0.15, -0.1) is 0 Å². The normalized spacial score (nSPS) is 12.2. The third-order valence-corrected chi connectivity index (χ3v) is 3.41. The van der Waals surface area contributed by atoms with Gasteiger partial charge in [0.2, 0.25) is 5.91 Å². The van der Waals surface area contributed by atoms with Gasteiger partial charge in [0.15, 0.2) is 0 Å². The summed E-state index contributed by atoms with van der Waals surface area (Å²) in [5, 5.41) is 0. The van der Waals surface area contributed by atoms with E-state index in [9.17, 15) is 4.79 Å². The molecule has 0 N–H and O–H groups in total. The number of methoxy groups -OCH3 is 3. The number of nitrogens with zero attached hydrogens (tertiary/aromatic N) is 1. The Morgan fingerprint density at radius 1 is 1.27 bits per heavy atom. The second kappa shape index (κ2) is 9.10. The summed E-state index contributed by atoms with van der Waals surface area (Å²) in [4.78, 5) is 14.1. The Bertz CT molecular complexity index is 513. The highest BCUT2D eigenvalue weighted by molar-refractivity contribution is 5.92. The van der Waals surface area contributed by atoms with Gasteiger partial charge in [-0.25, -0.2) is 0 Å². The predicted molar refractivity (Wildman–Crippen MR) is 87.3 cm³/mol. The smallest absolute Gasteiger partial charge is 0.246 e. The molecule has 0 radical (unpaired) electrons. The molecule has 1 unspecified atom stereocenters. The van der Waals surface area contributed by atoms with E-state index >= 15 is 0 Å². The lowest BCUT2D eigenvalue weighted by molar-refractivity contribution is -0.128. The van der Waals surface area contributed by atoms with Crippen LogP contribution in [0.25, 0.3) is 6.08 Å². The van der Waals surface area contributed by atoms with E-state index in [-0.39, 0.29) is 11.9 Å². The fraction of sp³-hybridized carbons (Fsp3) is 0.471. The highest BCUT2D eigenvalue weighted by atomic mass is 16.5. The fourth-order valence-corrected chi connectivity index (χ4v) is 2.23. The molecule has 1 aromatic rings. The standard InChI is InChI=1S/C17H25NO4/c1-6-18(13(2)12-20-3)17(19)10-8-14-7-9-15(21-4)11-16(14)22-5/h7-11,13H,6,12H2,1-5H3. The maximum absolute atomic E-state index is 12.3. The Labute approximate surface area is 132 Å². The van der Waals surface area contributed by atoms with Crippen molar-refractivity contribution in [2.45, 2.75) is 19.9 Å². The van der Waals surface area contributed by atoms with Gasteiger partial charge in [0.05, 0.1) is 26.9 Å². The van der Waals surface area contributed by atoms with Crippen LogP contribution in [0.5, 0.6) is 11.5 Å². The van der Waals surface area contributed by atoms with Crippen molar-refractivity contribution < 1.29 is 19.0 Å². The Kier molecular flexibility index (Phi) is 7.46. The molecule has 1 rings (SSSR count). The van der Waals surface area contributed by atoms with E-state index in [1.54, 1.807) is 44.4 Å². The molecule has 0 aliphatic heterocycles. The van der Waals surface area contributed by atoms with Gasteiger partial charge < -0.3 is 19.1 Å². The first-order chi connectivity index (χ1) is 10.6. The Hall–Kier alpha value is -2.01. The van der Waals surface area contributed by atoms with Gasteiger partial charge in [-0.05, 0) is 32.1 Å². The largest absolute Gasteiger partial charge is 0.497 e. The number of ether oxygens (including phenoxy) is 3. The molecule has 0 saturated heterocycles. The van der Waals surface area contributed by atoms with Crippen molar-refractivity contribution >= 4 is 12.0 Å². The molecule has 0 aliphatic carbocycles. The first-order valence-corrected chi connectivity index (χ1v) is 7.27. The van der Waals surface area contributed by atoms with Crippen LogP contribution in [0.3, 0.4) is 0 Å². The lowest BCUT2D eigenvalue weighted by atomic mass is 10.1. The van der Waals surface area contributed by atoms with Crippen LogP contribution >= 0.6 is 0 Å². The number of carbonyl (C=O) groups excluding carboxylic acids is 1. The summed E-state index contributed by atoms with van der Waals surface area (Å²) < 4.78 is 15.6. The highest BCUT2D eigenvalue weighted by Gasteiger charge is 2.16. The van der Waals surface area contributed by atoms with Crippen LogP contribution in [-0.2, 0) is 9.53 Å². The zero-order chi connectivity index (χ0) is 16.5.